The fourth-order valence-corrected chi connectivity index (χ4v) is 2.13. The van der Waals surface area contributed by atoms with E-state index in [4.69, 9.17) is 9.84 Å². The first-order valence-corrected chi connectivity index (χ1v) is 7.31. The molecule has 1 unspecified atom stereocenters. The molecular formula is C10H20N2O6S. The largest absolute Gasteiger partial charge is 0.480 e. The summed E-state index contributed by atoms with van der Waals surface area (Å²) in [5.41, 5.74) is 0. The molecule has 1 atom stereocenters. The maximum Gasteiger partial charge on any atom is 0.326 e. The van der Waals surface area contributed by atoms with Crippen molar-refractivity contribution in [3.05, 3.63) is 0 Å². The Balaban J connectivity index is 4.25. The van der Waals surface area contributed by atoms with Crippen LogP contribution in [0, 0.1) is 0 Å². The zero-order valence-electron chi connectivity index (χ0n) is 11.2. The molecule has 0 saturated carbocycles. The van der Waals surface area contributed by atoms with Gasteiger partial charge in [-0.25, -0.2) is 17.9 Å². The van der Waals surface area contributed by atoms with Gasteiger partial charge in [-0.1, -0.05) is 0 Å². The van der Waals surface area contributed by atoms with Gasteiger partial charge >= 0.3 is 5.97 Å². The minimum atomic E-state index is -3.55. The molecule has 8 nitrogen and oxygen atoms in total. The number of nitrogens with zero attached hydrogens (tertiary/aromatic N) is 1. The molecule has 0 rings (SSSR count). The topological polar surface area (TPSA) is 113 Å². The number of methoxy groups -OCH3 is 1. The van der Waals surface area contributed by atoms with Crippen LogP contribution in [0.4, 0.5) is 0 Å². The first-order valence-electron chi connectivity index (χ1n) is 5.66. The third-order valence-electron chi connectivity index (χ3n) is 2.54. The molecule has 0 aromatic heterocycles. The number of amides is 1. The van der Waals surface area contributed by atoms with Crippen molar-refractivity contribution in [2.45, 2.75) is 19.4 Å². The molecule has 1 amide bonds. The van der Waals surface area contributed by atoms with E-state index in [0.717, 1.165) is 4.90 Å². The molecule has 0 radical (unpaired) electrons. The summed E-state index contributed by atoms with van der Waals surface area (Å²) >= 11 is 0. The van der Waals surface area contributed by atoms with E-state index >= 15 is 0 Å². The monoisotopic (exact) mass is 296 g/mol. The van der Waals surface area contributed by atoms with Gasteiger partial charge in [0.2, 0.25) is 15.9 Å². The predicted octanol–water partition coefficient (Wildman–Crippen LogP) is -1.13. The Kier molecular flexibility index (Phi) is 7.57. The first kappa shape index (κ1) is 17.8. The highest BCUT2D eigenvalue weighted by Gasteiger charge is 2.22. The highest BCUT2D eigenvalue weighted by atomic mass is 32.2. The second-order valence-corrected chi connectivity index (χ2v) is 5.93. The smallest absolute Gasteiger partial charge is 0.326 e. The summed E-state index contributed by atoms with van der Waals surface area (Å²) in [6, 6.07) is -1.01. The number of carbonyl (C=O) groups is 2. The van der Waals surface area contributed by atoms with Crippen LogP contribution in [0.3, 0.4) is 0 Å². The van der Waals surface area contributed by atoms with E-state index in [1.54, 1.807) is 0 Å². The van der Waals surface area contributed by atoms with Crippen molar-refractivity contribution in [2.24, 2.45) is 0 Å². The van der Waals surface area contributed by atoms with Crippen molar-refractivity contribution < 1.29 is 27.9 Å². The Bertz CT molecular complexity index is 408. The molecule has 0 spiro atoms. The van der Waals surface area contributed by atoms with Crippen molar-refractivity contribution in [3.8, 4) is 0 Å². The van der Waals surface area contributed by atoms with Crippen molar-refractivity contribution in [1.29, 1.82) is 0 Å². The molecule has 9 heteroatoms. The summed E-state index contributed by atoms with van der Waals surface area (Å²) < 4.78 is 29.8. The molecule has 0 aliphatic heterocycles. The van der Waals surface area contributed by atoms with Gasteiger partial charge in [0.15, 0.2) is 0 Å². The Morgan fingerprint density at radius 3 is 2.47 bits per heavy atom. The first-order chi connectivity index (χ1) is 8.71. The summed E-state index contributed by atoms with van der Waals surface area (Å²) in [5.74, 6) is -1.91. The molecule has 19 heavy (non-hydrogen) atoms. The van der Waals surface area contributed by atoms with E-state index in [2.05, 4.69) is 4.72 Å². The Morgan fingerprint density at radius 1 is 1.42 bits per heavy atom. The van der Waals surface area contributed by atoms with Crippen LogP contribution in [0.1, 0.15) is 13.3 Å². The van der Waals surface area contributed by atoms with Gasteiger partial charge in [-0.3, -0.25) is 4.79 Å². The van der Waals surface area contributed by atoms with Crippen molar-refractivity contribution in [1.82, 2.24) is 9.62 Å². The quantitative estimate of drug-likeness (QED) is 0.521. The van der Waals surface area contributed by atoms with E-state index in [1.165, 1.54) is 21.1 Å². The molecule has 0 saturated heterocycles. The molecule has 2 N–H and O–H groups in total. The fourth-order valence-electron chi connectivity index (χ4n) is 1.14. The maximum absolute atomic E-state index is 11.6. The zero-order chi connectivity index (χ0) is 15.1. The second-order valence-electron chi connectivity index (χ2n) is 4.01. The molecule has 0 heterocycles. The van der Waals surface area contributed by atoms with Crippen LogP contribution in [0.2, 0.25) is 0 Å². The number of hydrogen-bond acceptors (Lipinski definition) is 5. The number of carboxylic acid groups (broad SMARTS) is 1. The van der Waals surface area contributed by atoms with Crippen LogP contribution < -0.4 is 4.72 Å². The van der Waals surface area contributed by atoms with Crippen LogP contribution >= 0.6 is 0 Å². The number of likely N-dealkylation sites (N-methyl/N-ethyl adjacent to an activating group) is 1. The Hall–Kier alpha value is -1.19. The second kappa shape index (κ2) is 8.08. The lowest BCUT2D eigenvalue weighted by molar-refractivity contribution is -0.147. The van der Waals surface area contributed by atoms with Gasteiger partial charge in [-0.15, -0.1) is 0 Å². The van der Waals surface area contributed by atoms with E-state index in [-0.39, 0.29) is 5.75 Å². The standard InChI is InChI=1S/C10H20N2O6S/c1-8(10(14)15)12(2)9(13)7-11-19(16,17)6-4-5-18-3/h8,11H,4-7H2,1-3H3,(H,14,15). The SMILES string of the molecule is COCCCS(=O)(=O)NCC(=O)N(C)C(C)C(=O)O. The molecule has 112 valence electrons. The molecule has 0 aromatic carbocycles. The number of sulfonamides is 1. The predicted molar refractivity (Wildman–Crippen MR) is 68.2 cm³/mol. The normalized spacial score (nSPS) is 13.0. The lowest BCUT2D eigenvalue weighted by atomic mass is 10.3. The number of carbonyl (C=O) groups excluding carboxylic acids is 1. The van der Waals surface area contributed by atoms with Gasteiger partial charge in [-0.05, 0) is 13.3 Å². The van der Waals surface area contributed by atoms with E-state index < -0.39 is 34.5 Å². The highest BCUT2D eigenvalue weighted by molar-refractivity contribution is 7.89. The van der Waals surface area contributed by atoms with Crippen LogP contribution in [-0.2, 0) is 24.3 Å². The lowest BCUT2D eigenvalue weighted by Gasteiger charge is -2.21. The lowest BCUT2D eigenvalue weighted by Crippen LogP contribution is -2.45. The van der Waals surface area contributed by atoms with Crippen LogP contribution in [0.15, 0.2) is 0 Å². The third-order valence-corrected chi connectivity index (χ3v) is 3.95. The number of ether oxygens (including phenoxy) is 1. The summed E-state index contributed by atoms with van der Waals surface area (Å²) in [5, 5.41) is 8.73. The minimum absolute atomic E-state index is 0.147. The summed E-state index contributed by atoms with van der Waals surface area (Å²) in [4.78, 5) is 23.2. The molecule has 0 aromatic rings. The number of rotatable bonds is 9. The summed E-state index contributed by atoms with van der Waals surface area (Å²) in [7, 11) is -0.783. The van der Waals surface area contributed by atoms with Gasteiger partial charge in [0.25, 0.3) is 0 Å². The van der Waals surface area contributed by atoms with Crippen LogP contribution in [0.25, 0.3) is 0 Å². The van der Waals surface area contributed by atoms with E-state index in [0.29, 0.717) is 13.0 Å². The van der Waals surface area contributed by atoms with Gasteiger partial charge in [-0.2, -0.15) is 0 Å². The van der Waals surface area contributed by atoms with Crippen LogP contribution in [-0.4, -0.2) is 69.4 Å². The average molecular weight is 296 g/mol. The van der Waals surface area contributed by atoms with Crippen molar-refractivity contribution in [3.63, 3.8) is 0 Å². The number of carboxylic acids is 1. The van der Waals surface area contributed by atoms with E-state index in [1.807, 2.05) is 0 Å². The average Bonchev–Trinajstić information content (AvgIpc) is 2.34. The van der Waals surface area contributed by atoms with Gasteiger partial charge in [0, 0.05) is 20.8 Å². The zero-order valence-corrected chi connectivity index (χ0v) is 12.1. The fraction of sp³-hybridized carbons (Fsp3) is 0.800. The van der Waals surface area contributed by atoms with Crippen LogP contribution in [0.5, 0.6) is 0 Å². The summed E-state index contributed by atoms with van der Waals surface area (Å²) in [6.07, 6.45) is 0.321. The van der Waals surface area contributed by atoms with Crippen molar-refractivity contribution in [2.75, 3.05) is 33.1 Å². The summed E-state index contributed by atoms with van der Waals surface area (Å²) in [6.45, 7) is 1.20. The van der Waals surface area contributed by atoms with Gasteiger partial charge in [0.1, 0.15) is 6.04 Å². The third kappa shape index (κ3) is 7.09. The number of nitrogens with one attached hydrogen (secondary N) is 1. The molecule has 0 aliphatic rings. The maximum atomic E-state index is 11.6. The molecule has 0 fully saturated rings. The van der Waals surface area contributed by atoms with E-state index in [9.17, 15) is 18.0 Å². The number of aliphatic carboxylic acids is 1. The Labute approximate surface area is 112 Å². The molecule has 0 bridgehead atoms. The molecule has 0 aliphatic carbocycles. The Morgan fingerprint density at radius 2 is 2.00 bits per heavy atom. The minimum Gasteiger partial charge on any atom is -0.480 e. The van der Waals surface area contributed by atoms with Gasteiger partial charge in [0.05, 0.1) is 12.3 Å². The highest BCUT2D eigenvalue weighted by Crippen LogP contribution is 1.97. The number of hydrogen-bond donors (Lipinski definition) is 2. The molecular weight excluding hydrogens is 276 g/mol. The van der Waals surface area contributed by atoms with Gasteiger partial charge < -0.3 is 14.7 Å². The van der Waals surface area contributed by atoms with Crippen molar-refractivity contribution >= 4 is 21.9 Å².